The van der Waals surface area contributed by atoms with Crippen LogP contribution in [-0.2, 0) is 0 Å². The number of benzene rings is 1. The zero-order valence-corrected chi connectivity index (χ0v) is 6.87. The number of carbonyl (C=O) groups is 1. The highest BCUT2D eigenvalue weighted by atomic mass is 16.2. The molecule has 0 radical (unpaired) electrons. The second-order valence-electron chi connectivity index (χ2n) is 2.40. The maximum atomic E-state index is 11.7. The van der Waals surface area contributed by atoms with Crippen LogP contribution in [0, 0.1) is 0 Å². The molecule has 0 heterocycles. The van der Waals surface area contributed by atoms with E-state index >= 15 is 0 Å². The Morgan fingerprint density at radius 1 is 1.38 bits per heavy atom. The third-order valence-electron chi connectivity index (χ3n) is 1.37. The smallest absolute Gasteiger partial charge is 0.265 e. The van der Waals surface area contributed by atoms with E-state index in [1.807, 2.05) is 0 Å². The molecule has 0 saturated heterocycles. The highest BCUT2D eigenvalue weighted by Gasteiger charge is 2.02. The van der Waals surface area contributed by atoms with Gasteiger partial charge in [0.15, 0.2) is 0 Å². The van der Waals surface area contributed by atoms with Crippen LogP contribution in [0.4, 0.5) is 0 Å². The molecule has 1 aromatic rings. The zero-order valence-electron chi connectivity index (χ0n) is 12.9. The summed E-state index contributed by atoms with van der Waals surface area (Å²) in [5.74, 6) is -0.598. The van der Waals surface area contributed by atoms with Crippen molar-refractivity contribution in [3.8, 4) is 0 Å². The summed E-state index contributed by atoms with van der Waals surface area (Å²) in [6.07, 6.45) is 0. The van der Waals surface area contributed by atoms with Gasteiger partial charge in [0.05, 0.1) is 0 Å². The van der Waals surface area contributed by atoms with Gasteiger partial charge in [-0.3, -0.25) is 10.2 Å². The number of hydrazine groups is 1. The molecule has 1 amide bonds. The molecule has 0 aliphatic carbocycles. The average molecular weight is 184 g/mol. The number of hydrogen-bond donors (Lipinski definition) is 2. The third-order valence-corrected chi connectivity index (χ3v) is 1.37. The Morgan fingerprint density at radius 3 is 2.69 bits per heavy atom. The fourth-order valence-corrected chi connectivity index (χ4v) is 0.799. The highest BCUT2D eigenvalue weighted by molar-refractivity contribution is 5.93. The molecule has 0 aliphatic rings. The quantitative estimate of drug-likeness (QED) is 0.696. The van der Waals surface area contributed by atoms with Crippen molar-refractivity contribution in [3.05, 3.63) is 35.9 Å². The minimum atomic E-state index is -2.75. The van der Waals surface area contributed by atoms with Crippen LogP contribution < -0.4 is 10.9 Å². The first-order chi connectivity index (χ1) is 8.62. The molecule has 0 bridgehead atoms. The Bertz CT molecular complexity index is 414. The van der Waals surface area contributed by atoms with Crippen molar-refractivity contribution in [2.45, 2.75) is 19.7 Å². The van der Waals surface area contributed by atoms with Crippen molar-refractivity contribution in [2.75, 3.05) is 0 Å². The summed E-state index contributed by atoms with van der Waals surface area (Å²) in [6, 6.07) is 6.22. The Hall–Kier alpha value is -1.35. The number of amides is 1. The molecule has 2 N–H and O–H groups in total. The first-order valence-electron chi connectivity index (χ1n) is 6.73. The van der Waals surface area contributed by atoms with E-state index in [2.05, 4.69) is 10.9 Å². The van der Waals surface area contributed by atoms with Crippen molar-refractivity contribution in [1.82, 2.24) is 10.9 Å². The van der Waals surface area contributed by atoms with E-state index in [1.54, 1.807) is 18.2 Å². The van der Waals surface area contributed by atoms with E-state index < -0.39 is 25.7 Å². The van der Waals surface area contributed by atoms with Crippen molar-refractivity contribution in [3.63, 3.8) is 0 Å². The van der Waals surface area contributed by atoms with E-state index in [-0.39, 0.29) is 0 Å². The molecule has 0 atom stereocenters. The molecule has 0 aliphatic heterocycles. The number of hydrogen-bond acceptors (Lipinski definition) is 2. The molecule has 0 unspecified atom stereocenters. The summed E-state index contributed by atoms with van der Waals surface area (Å²) >= 11 is 0. The summed E-state index contributed by atoms with van der Waals surface area (Å²) < 4.78 is 42.9. The maximum Gasteiger partial charge on any atom is 0.265 e. The van der Waals surface area contributed by atoms with Crippen LogP contribution in [0.5, 0.6) is 0 Å². The molecule has 0 fully saturated rings. The van der Waals surface area contributed by atoms with E-state index in [0.717, 1.165) is 0 Å². The normalized spacial score (nSPS) is 18.8. The summed E-state index contributed by atoms with van der Waals surface area (Å²) in [5, 5.41) is 0. The first-order valence-corrected chi connectivity index (χ1v) is 3.73. The van der Waals surface area contributed by atoms with Crippen LogP contribution in [0.3, 0.4) is 0 Å². The standard InChI is InChI=1S/C10H14N2O/c1-8(2)11-12-10(13)9-6-4-3-5-7-9/h3-8,11H,1-2H3,(H,12,13)/i1D3,2D3. The van der Waals surface area contributed by atoms with E-state index in [0.29, 0.717) is 5.56 Å². The van der Waals surface area contributed by atoms with Crippen molar-refractivity contribution < 1.29 is 13.0 Å². The second kappa shape index (κ2) is 4.62. The van der Waals surface area contributed by atoms with Gasteiger partial charge in [0.1, 0.15) is 0 Å². The second-order valence-corrected chi connectivity index (χ2v) is 2.40. The summed E-state index contributed by atoms with van der Waals surface area (Å²) in [5.41, 5.74) is 4.47. The molecule has 70 valence electrons. The molecular formula is C10H14N2O. The van der Waals surface area contributed by atoms with Gasteiger partial charge in [-0.2, -0.15) is 0 Å². The predicted molar refractivity (Wildman–Crippen MR) is 52.2 cm³/mol. The van der Waals surface area contributed by atoms with Crippen LogP contribution in [0.25, 0.3) is 0 Å². The fourth-order valence-electron chi connectivity index (χ4n) is 0.799. The molecular weight excluding hydrogens is 164 g/mol. The van der Waals surface area contributed by atoms with Crippen LogP contribution in [0.1, 0.15) is 32.3 Å². The van der Waals surface area contributed by atoms with Crippen LogP contribution in [-0.4, -0.2) is 11.9 Å². The van der Waals surface area contributed by atoms with Gasteiger partial charge in [-0.15, -0.1) is 0 Å². The van der Waals surface area contributed by atoms with E-state index in [4.69, 9.17) is 8.22 Å². The monoisotopic (exact) mass is 184 g/mol. The zero-order chi connectivity index (χ0) is 14.7. The Morgan fingerprint density at radius 2 is 2.08 bits per heavy atom. The molecule has 1 aromatic carbocycles. The number of nitrogens with one attached hydrogen (secondary N) is 2. The Labute approximate surface area is 86.6 Å². The predicted octanol–water partition coefficient (Wildman–Crippen LogP) is 1.33. The van der Waals surface area contributed by atoms with Crippen LogP contribution >= 0.6 is 0 Å². The lowest BCUT2D eigenvalue weighted by Crippen LogP contribution is -2.41. The van der Waals surface area contributed by atoms with E-state index in [1.165, 1.54) is 12.1 Å². The minimum absolute atomic E-state index is 0.296. The van der Waals surface area contributed by atoms with Gasteiger partial charge in [0.2, 0.25) is 0 Å². The van der Waals surface area contributed by atoms with Gasteiger partial charge in [-0.25, -0.2) is 5.43 Å². The lowest BCUT2D eigenvalue weighted by atomic mass is 10.2. The summed E-state index contributed by atoms with van der Waals surface area (Å²) in [4.78, 5) is 11.7. The molecule has 3 nitrogen and oxygen atoms in total. The molecule has 1 rings (SSSR count). The number of rotatable bonds is 3. The van der Waals surface area contributed by atoms with Crippen molar-refractivity contribution >= 4 is 5.91 Å². The van der Waals surface area contributed by atoms with Crippen LogP contribution in [0.15, 0.2) is 30.3 Å². The first kappa shape index (κ1) is 4.24. The Kier molecular flexibility index (Phi) is 1.51. The lowest BCUT2D eigenvalue weighted by molar-refractivity contribution is 0.0927. The van der Waals surface area contributed by atoms with Gasteiger partial charge in [0.25, 0.3) is 5.91 Å². The Balaban J connectivity index is 2.71. The van der Waals surface area contributed by atoms with Crippen LogP contribution in [0.2, 0.25) is 0 Å². The molecule has 13 heavy (non-hydrogen) atoms. The van der Waals surface area contributed by atoms with Gasteiger partial charge in [-0.1, -0.05) is 18.2 Å². The fraction of sp³-hybridized carbons (Fsp3) is 0.300. The SMILES string of the molecule is [2H]C([2H])([2H])C(NNC(=O)c1ccccc1)C([2H])([2H])[2H]. The third kappa shape index (κ3) is 3.25. The highest BCUT2D eigenvalue weighted by Crippen LogP contribution is 1.96. The lowest BCUT2D eigenvalue weighted by Gasteiger charge is -2.09. The molecule has 3 heteroatoms. The minimum Gasteiger partial charge on any atom is -0.287 e. The maximum absolute atomic E-state index is 11.7. The summed E-state index contributed by atoms with van der Waals surface area (Å²) in [6.45, 7) is -5.51. The van der Waals surface area contributed by atoms with Gasteiger partial charge < -0.3 is 0 Å². The number of carbonyl (C=O) groups excluding carboxylic acids is 1. The van der Waals surface area contributed by atoms with Crippen molar-refractivity contribution in [2.24, 2.45) is 0 Å². The van der Waals surface area contributed by atoms with Gasteiger partial charge in [-0.05, 0) is 25.8 Å². The molecule has 0 aromatic heterocycles. The van der Waals surface area contributed by atoms with Gasteiger partial charge in [0, 0.05) is 19.8 Å². The topological polar surface area (TPSA) is 41.1 Å². The molecule has 0 spiro atoms. The van der Waals surface area contributed by atoms with E-state index in [9.17, 15) is 4.79 Å². The van der Waals surface area contributed by atoms with Gasteiger partial charge >= 0.3 is 0 Å². The molecule has 0 saturated carbocycles. The largest absolute Gasteiger partial charge is 0.287 e. The average Bonchev–Trinajstić information content (AvgIpc) is 2.26. The summed E-state index contributed by atoms with van der Waals surface area (Å²) in [7, 11) is 0. The van der Waals surface area contributed by atoms with Crippen molar-refractivity contribution in [1.29, 1.82) is 0 Å².